The molecule has 1 aromatic heterocycles. The summed E-state index contributed by atoms with van der Waals surface area (Å²) in [6, 6.07) is 9.75. The monoisotopic (exact) mass is 387 g/mol. The van der Waals surface area contributed by atoms with Crippen LogP contribution >= 0.6 is 0 Å². The van der Waals surface area contributed by atoms with Crippen LogP contribution in [0.2, 0.25) is 0 Å². The van der Waals surface area contributed by atoms with Gasteiger partial charge < -0.3 is 20.1 Å². The lowest BCUT2D eigenvalue weighted by Crippen LogP contribution is -2.38. The molecule has 7 heteroatoms. The molecule has 0 radical (unpaired) electrons. The number of ether oxygens (including phenoxy) is 2. The average molecular weight is 388 g/mol. The van der Waals surface area contributed by atoms with E-state index >= 15 is 0 Å². The number of guanidine groups is 1. The minimum absolute atomic E-state index is 0.619. The molecule has 0 aliphatic rings. The lowest BCUT2D eigenvalue weighted by molar-refractivity contribution is 0.311. The molecule has 2 aromatic rings. The molecule has 1 heterocycles. The normalized spacial score (nSPS) is 11.4. The maximum Gasteiger partial charge on any atom is 0.191 e. The molecule has 0 unspecified atom stereocenters. The van der Waals surface area contributed by atoms with Gasteiger partial charge in [0, 0.05) is 44.4 Å². The van der Waals surface area contributed by atoms with Gasteiger partial charge in [0.2, 0.25) is 0 Å². The van der Waals surface area contributed by atoms with Crippen molar-refractivity contribution >= 4 is 5.96 Å². The molecule has 2 N–H and O–H groups in total. The summed E-state index contributed by atoms with van der Waals surface area (Å²) in [7, 11) is 1.65. The molecule has 0 aliphatic carbocycles. The van der Waals surface area contributed by atoms with Crippen LogP contribution in [0.25, 0.3) is 0 Å². The molecule has 0 saturated carbocycles. The van der Waals surface area contributed by atoms with Gasteiger partial charge in [0.1, 0.15) is 11.5 Å². The van der Waals surface area contributed by atoms with Crippen molar-refractivity contribution in [1.29, 1.82) is 0 Å². The minimum Gasteiger partial charge on any atom is -0.497 e. The molecule has 0 saturated heterocycles. The van der Waals surface area contributed by atoms with Crippen molar-refractivity contribution in [2.24, 2.45) is 4.99 Å². The molecule has 0 bridgehead atoms. The van der Waals surface area contributed by atoms with Gasteiger partial charge in [0.25, 0.3) is 0 Å². The fourth-order valence-electron chi connectivity index (χ4n) is 2.82. The first-order valence-corrected chi connectivity index (χ1v) is 9.92. The SMILES string of the molecule is CCNC(=NCCCOc1cccc(OC)c1)NCCCn1nc(C)cc1C. The van der Waals surface area contributed by atoms with Crippen LogP contribution in [-0.2, 0) is 6.54 Å². The van der Waals surface area contributed by atoms with E-state index in [9.17, 15) is 0 Å². The first-order valence-electron chi connectivity index (χ1n) is 9.92. The molecule has 0 amide bonds. The third kappa shape index (κ3) is 7.50. The summed E-state index contributed by atoms with van der Waals surface area (Å²) in [5, 5.41) is 11.2. The summed E-state index contributed by atoms with van der Waals surface area (Å²) < 4.78 is 13.0. The predicted octanol–water partition coefficient (Wildman–Crippen LogP) is 2.92. The van der Waals surface area contributed by atoms with Crippen LogP contribution in [0.5, 0.6) is 11.5 Å². The number of hydrogen-bond acceptors (Lipinski definition) is 4. The summed E-state index contributed by atoms with van der Waals surface area (Å²) in [5.74, 6) is 2.46. The van der Waals surface area contributed by atoms with Crippen molar-refractivity contribution in [3.63, 3.8) is 0 Å². The first kappa shape index (κ1) is 21.6. The predicted molar refractivity (Wildman–Crippen MR) is 113 cm³/mol. The largest absolute Gasteiger partial charge is 0.497 e. The summed E-state index contributed by atoms with van der Waals surface area (Å²) in [5.41, 5.74) is 2.27. The van der Waals surface area contributed by atoms with Gasteiger partial charge in [-0.1, -0.05) is 6.07 Å². The van der Waals surface area contributed by atoms with Crippen LogP contribution < -0.4 is 20.1 Å². The molecule has 28 heavy (non-hydrogen) atoms. The van der Waals surface area contributed by atoms with Gasteiger partial charge in [0.05, 0.1) is 19.4 Å². The number of nitrogens with one attached hydrogen (secondary N) is 2. The number of hydrogen-bond donors (Lipinski definition) is 2. The second-order valence-corrected chi connectivity index (χ2v) is 6.57. The van der Waals surface area contributed by atoms with Crippen LogP contribution in [0.3, 0.4) is 0 Å². The Bertz CT molecular complexity index is 742. The van der Waals surface area contributed by atoms with Crippen LogP contribution in [0.4, 0.5) is 0 Å². The molecule has 7 nitrogen and oxygen atoms in total. The third-order valence-corrected chi connectivity index (χ3v) is 4.17. The number of aryl methyl sites for hydroxylation is 3. The van der Waals surface area contributed by atoms with E-state index in [2.05, 4.69) is 45.3 Å². The quantitative estimate of drug-likeness (QED) is 0.352. The van der Waals surface area contributed by atoms with Crippen LogP contribution in [0, 0.1) is 13.8 Å². The zero-order chi connectivity index (χ0) is 20.2. The summed E-state index contributed by atoms with van der Waals surface area (Å²) >= 11 is 0. The van der Waals surface area contributed by atoms with Crippen molar-refractivity contribution in [2.75, 3.05) is 33.4 Å². The van der Waals surface area contributed by atoms with Gasteiger partial charge in [0.15, 0.2) is 5.96 Å². The van der Waals surface area contributed by atoms with Crippen LogP contribution in [0.1, 0.15) is 31.2 Å². The van der Waals surface area contributed by atoms with E-state index < -0.39 is 0 Å². The highest BCUT2D eigenvalue weighted by Crippen LogP contribution is 2.18. The van der Waals surface area contributed by atoms with E-state index in [0.29, 0.717) is 13.2 Å². The molecule has 0 spiro atoms. The molecule has 2 rings (SSSR count). The zero-order valence-corrected chi connectivity index (χ0v) is 17.5. The Kier molecular flexibility index (Phi) is 9.18. The number of aromatic nitrogens is 2. The molecule has 1 aromatic carbocycles. The maximum absolute atomic E-state index is 5.75. The Morgan fingerprint density at radius 1 is 1.14 bits per heavy atom. The van der Waals surface area contributed by atoms with Gasteiger partial charge in [-0.15, -0.1) is 0 Å². The molecule has 0 aliphatic heterocycles. The van der Waals surface area contributed by atoms with Gasteiger partial charge in [-0.2, -0.15) is 5.10 Å². The number of aliphatic imine (C=N–C) groups is 1. The van der Waals surface area contributed by atoms with Crippen molar-refractivity contribution < 1.29 is 9.47 Å². The molecular formula is C21H33N5O2. The highest BCUT2D eigenvalue weighted by molar-refractivity contribution is 5.79. The van der Waals surface area contributed by atoms with E-state index in [1.807, 2.05) is 31.2 Å². The Morgan fingerprint density at radius 2 is 1.96 bits per heavy atom. The topological polar surface area (TPSA) is 72.7 Å². The van der Waals surface area contributed by atoms with Gasteiger partial charge in [-0.3, -0.25) is 9.67 Å². The number of rotatable bonds is 11. The second kappa shape index (κ2) is 11.9. The Balaban J connectivity index is 1.67. The molecule has 154 valence electrons. The third-order valence-electron chi connectivity index (χ3n) is 4.17. The smallest absolute Gasteiger partial charge is 0.191 e. The highest BCUT2D eigenvalue weighted by Gasteiger charge is 2.02. The molecule has 0 fully saturated rings. The average Bonchev–Trinajstić information content (AvgIpc) is 3.02. The summed E-state index contributed by atoms with van der Waals surface area (Å²) in [6.45, 7) is 10.1. The van der Waals surface area contributed by atoms with Crippen molar-refractivity contribution in [1.82, 2.24) is 20.4 Å². The number of nitrogens with zero attached hydrogens (tertiary/aromatic N) is 3. The van der Waals surface area contributed by atoms with E-state index in [1.165, 1.54) is 5.69 Å². The van der Waals surface area contributed by atoms with Gasteiger partial charge in [-0.25, -0.2) is 0 Å². The Labute approximate surface area is 168 Å². The maximum atomic E-state index is 5.75. The Morgan fingerprint density at radius 3 is 2.68 bits per heavy atom. The fraction of sp³-hybridized carbons (Fsp3) is 0.524. The van der Waals surface area contributed by atoms with Crippen molar-refractivity contribution in [2.45, 2.75) is 40.2 Å². The van der Waals surface area contributed by atoms with E-state index in [4.69, 9.17) is 9.47 Å². The zero-order valence-electron chi connectivity index (χ0n) is 17.5. The van der Waals surface area contributed by atoms with E-state index in [-0.39, 0.29) is 0 Å². The molecule has 0 atom stereocenters. The first-order chi connectivity index (χ1) is 13.6. The van der Waals surface area contributed by atoms with Gasteiger partial charge in [-0.05, 0) is 45.4 Å². The fourth-order valence-corrected chi connectivity index (χ4v) is 2.82. The summed E-state index contributed by atoms with van der Waals surface area (Å²) in [6.07, 6.45) is 1.84. The van der Waals surface area contributed by atoms with Crippen LogP contribution in [-0.4, -0.2) is 49.1 Å². The Hall–Kier alpha value is -2.70. The van der Waals surface area contributed by atoms with E-state index in [0.717, 1.165) is 55.6 Å². The second-order valence-electron chi connectivity index (χ2n) is 6.57. The minimum atomic E-state index is 0.619. The lowest BCUT2D eigenvalue weighted by atomic mass is 10.3. The number of methoxy groups -OCH3 is 1. The standard InChI is InChI=1S/C21H33N5O2/c1-5-22-21(23-11-7-13-26-18(3)15-17(2)25-26)24-12-8-14-28-20-10-6-9-19(16-20)27-4/h6,9-10,15-16H,5,7-8,11-14H2,1-4H3,(H2,22,23,24). The summed E-state index contributed by atoms with van der Waals surface area (Å²) in [4.78, 5) is 4.61. The number of benzene rings is 1. The van der Waals surface area contributed by atoms with Gasteiger partial charge >= 0.3 is 0 Å². The molecular weight excluding hydrogens is 354 g/mol. The highest BCUT2D eigenvalue weighted by atomic mass is 16.5. The van der Waals surface area contributed by atoms with Crippen molar-refractivity contribution in [3.05, 3.63) is 41.7 Å². The lowest BCUT2D eigenvalue weighted by Gasteiger charge is -2.12. The van der Waals surface area contributed by atoms with Crippen LogP contribution in [0.15, 0.2) is 35.3 Å². The van der Waals surface area contributed by atoms with Crippen molar-refractivity contribution in [3.8, 4) is 11.5 Å². The van der Waals surface area contributed by atoms with E-state index in [1.54, 1.807) is 7.11 Å².